The number of benzene rings is 1. The fourth-order valence-corrected chi connectivity index (χ4v) is 3.70. The molecule has 1 fully saturated rings. The van der Waals surface area contributed by atoms with Gasteiger partial charge >= 0.3 is 5.97 Å². The fourth-order valence-electron chi connectivity index (χ4n) is 3.44. The van der Waals surface area contributed by atoms with E-state index in [1.54, 1.807) is 6.20 Å². The molecule has 0 bridgehead atoms. The van der Waals surface area contributed by atoms with Gasteiger partial charge in [0.05, 0.1) is 12.8 Å². The second kappa shape index (κ2) is 6.06. The maximum absolute atomic E-state index is 12.8. The van der Waals surface area contributed by atoms with Gasteiger partial charge in [-0.3, -0.25) is 9.89 Å². The number of aromatic nitrogens is 2. The van der Waals surface area contributed by atoms with Crippen LogP contribution in [0.1, 0.15) is 36.8 Å². The number of aromatic amines is 1. The quantitative estimate of drug-likeness (QED) is 0.857. The molecule has 4 rings (SSSR count). The molecule has 1 aliphatic carbocycles. The van der Waals surface area contributed by atoms with Crippen molar-refractivity contribution >= 4 is 29.1 Å². The lowest BCUT2D eigenvalue weighted by atomic mass is 9.76. The first-order chi connectivity index (χ1) is 11.7. The van der Waals surface area contributed by atoms with E-state index in [0.29, 0.717) is 17.5 Å². The van der Waals surface area contributed by atoms with Crippen LogP contribution in [0, 0.1) is 11.8 Å². The lowest BCUT2D eigenvalue weighted by molar-refractivity contribution is -0.146. The molecule has 1 saturated carbocycles. The molecule has 0 radical (unpaired) electrons. The summed E-state index contributed by atoms with van der Waals surface area (Å²) >= 11 is 6.46. The molecule has 1 aromatic carbocycles. The van der Waals surface area contributed by atoms with Crippen LogP contribution in [0.5, 0.6) is 0 Å². The zero-order chi connectivity index (χ0) is 16.7. The van der Waals surface area contributed by atoms with Gasteiger partial charge in [0.1, 0.15) is 5.92 Å². The Morgan fingerprint density at radius 3 is 2.83 bits per heavy atom. The summed E-state index contributed by atoms with van der Waals surface area (Å²) in [6, 6.07) is 7.64. The number of hydrogen-bond acceptors (Lipinski definition) is 4. The highest BCUT2D eigenvalue weighted by atomic mass is 35.5. The first-order valence-corrected chi connectivity index (χ1v) is 8.61. The third-order valence-corrected chi connectivity index (χ3v) is 5.00. The summed E-state index contributed by atoms with van der Waals surface area (Å²) in [7, 11) is 0. The van der Waals surface area contributed by atoms with Crippen LogP contribution in [-0.2, 0) is 9.53 Å². The topological polar surface area (TPSA) is 67.3 Å². The van der Waals surface area contributed by atoms with Crippen molar-refractivity contribution in [2.75, 3.05) is 6.61 Å². The van der Waals surface area contributed by atoms with Gasteiger partial charge in [-0.15, -0.1) is 0 Å². The Morgan fingerprint density at radius 1 is 1.33 bits per heavy atom. The predicted molar refractivity (Wildman–Crippen MR) is 91.8 cm³/mol. The number of fused-ring (bicyclic) bond motifs is 1. The van der Waals surface area contributed by atoms with E-state index in [4.69, 9.17) is 21.3 Å². The molecular weight excluding hydrogens is 326 g/mol. The summed E-state index contributed by atoms with van der Waals surface area (Å²) in [4.78, 5) is 17.5. The molecular formula is C18H18ClN3O2. The van der Waals surface area contributed by atoms with E-state index in [2.05, 4.69) is 10.2 Å². The Kier molecular flexibility index (Phi) is 3.88. The summed E-state index contributed by atoms with van der Waals surface area (Å²) < 4.78 is 5.38. The Bertz CT molecular complexity index is 810. The Labute approximate surface area is 145 Å². The van der Waals surface area contributed by atoms with Gasteiger partial charge in [-0.25, -0.2) is 4.99 Å². The highest BCUT2D eigenvalue weighted by Crippen LogP contribution is 2.48. The summed E-state index contributed by atoms with van der Waals surface area (Å²) in [5.74, 6) is 0.171. The van der Waals surface area contributed by atoms with E-state index < -0.39 is 5.92 Å². The zero-order valence-electron chi connectivity index (χ0n) is 13.3. The number of nitrogens with zero attached hydrogens (tertiary/aromatic N) is 2. The van der Waals surface area contributed by atoms with Gasteiger partial charge in [0.15, 0.2) is 5.82 Å². The number of carbonyl (C=O) groups excluding carboxylic acids is 1. The van der Waals surface area contributed by atoms with Crippen LogP contribution >= 0.6 is 11.6 Å². The van der Waals surface area contributed by atoms with Crippen molar-refractivity contribution in [2.45, 2.75) is 25.7 Å². The van der Waals surface area contributed by atoms with Gasteiger partial charge in [-0.05, 0) is 37.3 Å². The Hall–Kier alpha value is -2.14. The van der Waals surface area contributed by atoms with Crippen molar-refractivity contribution in [3.8, 4) is 0 Å². The number of carbonyl (C=O) groups is 1. The molecule has 2 aromatic rings. The SMILES string of the molecule is CCOC(=O)C1C(C2CC2)=Nc2[nH]ncc2C1c1ccccc1Cl. The van der Waals surface area contributed by atoms with E-state index in [-0.39, 0.29) is 11.9 Å². The zero-order valence-corrected chi connectivity index (χ0v) is 14.1. The third kappa shape index (κ3) is 2.53. The molecule has 2 heterocycles. The largest absolute Gasteiger partial charge is 0.465 e. The van der Waals surface area contributed by atoms with E-state index in [1.165, 1.54) is 0 Å². The molecule has 2 aliphatic rings. The van der Waals surface area contributed by atoms with Crippen molar-refractivity contribution in [1.29, 1.82) is 0 Å². The van der Waals surface area contributed by atoms with Crippen LogP contribution in [0.15, 0.2) is 35.5 Å². The number of esters is 1. The lowest BCUT2D eigenvalue weighted by Gasteiger charge is -2.30. The van der Waals surface area contributed by atoms with E-state index in [9.17, 15) is 4.79 Å². The first kappa shape index (κ1) is 15.4. The van der Waals surface area contributed by atoms with E-state index >= 15 is 0 Å². The number of ether oxygens (including phenoxy) is 1. The van der Waals surface area contributed by atoms with E-state index in [1.807, 2.05) is 31.2 Å². The summed E-state index contributed by atoms with van der Waals surface area (Å²) in [6.45, 7) is 2.17. The minimum atomic E-state index is -0.442. The standard InChI is InChI=1S/C18H18ClN3O2/c1-2-24-18(23)15-14(11-5-3-4-6-13(11)19)12-9-20-22-17(12)21-16(15)10-7-8-10/h3-6,9-10,14-15H,2,7-8H2,1H3,(H,20,22). The number of rotatable bonds is 4. The summed E-state index contributed by atoms with van der Waals surface area (Å²) in [5, 5.41) is 7.72. The van der Waals surface area contributed by atoms with Crippen molar-refractivity contribution in [1.82, 2.24) is 10.2 Å². The smallest absolute Gasteiger partial charge is 0.315 e. The number of aliphatic imine (C=N–C) groups is 1. The average molecular weight is 344 g/mol. The molecule has 6 heteroatoms. The molecule has 0 saturated heterocycles. The highest BCUT2D eigenvalue weighted by Gasteiger charge is 2.46. The second-order valence-electron chi connectivity index (χ2n) is 6.21. The monoisotopic (exact) mass is 343 g/mol. The molecule has 1 N–H and O–H groups in total. The van der Waals surface area contributed by atoms with Gasteiger partial charge in [-0.1, -0.05) is 29.8 Å². The first-order valence-electron chi connectivity index (χ1n) is 8.23. The minimum absolute atomic E-state index is 0.223. The van der Waals surface area contributed by atoms with Crippen LogP contribution in [0.3, 0.4) is 0 Å². The molecule has 0 spiro atoms. The van der Waals surface area contributed by atoms with Gasteiger partial charge < -0.3 is 4.74 Å². The van der Waals surface area contributed by atoms with E-state index in [0.717, 1.165) is 35.5 Å². The molecule has 0 amide bonds. The number of halogens is 1. The van der Waals surface area contributed by atoms with Crippen LogP contribution < -0.4 is 0 Å². The van der Waals surface area contributed by atoms with Gasteiger partial charge in [-0.2, -0.15) is 5.10 Å². The highest BCUT2D eigenvalue weighted by molar-refractivity contribution is 6.31. The van der Waals surface area contributed by atoms with Gasteiger partial charge in [0, 0.05) is 22.2 Å². The molecule has 1 aromatic heterocycles. The van der Waals surface area contributed by atoms with Crippen molar-refractivity contribution in [3.05, 3.63) is 46.6 Å². The lowest BCUT2D eigenvalue weighted by Crippen LogP contribution is -2.35. The van der Waals surface area contributed by atoms with Gasteiger partial charge in [0.2, 0.25) is 0 Å². The minimum Gasteiger partial charge on any atom is -0.465 e. The molecule has 1 aliphatic heterocycles. The van der Waals surface area contributed by atoms with Crippen LogP contribution in [0.25, 0.3) is 0 Å². The maximum Gasteiger partial charge on any atom is 0.315 e. The second-order valence-corrected chi connectivity index (χ2v) is 6.62. The normalized spacial score (nSPS) is 22.7. The molecule has 124 valence electrons. The van der Waals surface area contributed by atoms with Crippen LogP contribution in [0.4, 0.5) is 5.82 Å². The molecule has 2 unspecified atom stereocenters. The predicted octanol–water partition coefficient (Wildman–Crippen LogP) is 3.87. The Balaban J connectivity index is 1.88. The Morgan fingerprint density at radius 2 is 2.12 bits per heavy atom. The van der Waals surface area contributed by atoms with Crippen LogP contribution in [0.2, 0.25) is 5.02 Å². The van der Waals surface area contributed by atoms with Crippen molar-refractivity contribution in [2.24, 2.45) is 16.8 Å². The molecule has 24 heavy (non-hydrogen) atoms. The summed E-state index contributed by atoms with van der Waals surface area (Å²) in [5.41, 5.74) is 2.70. The van der Waals surface area contributed by atoms with Crippen molar-refractivity contribution in [3.63, 3.8) is 0 Å². The molecule has 2 atom stereocenters. The third-order valence-electron chi connectivity index (χ3n) is 4.65. The summed E-state index contributed by atoms with van der Waals surface area (Å²) in [6.07, 6.45) is 3.86. The van der Waals surface area contributed by atoms with Crippen LogP contribution in [-0.4, -0.2) is 28.5 Å². The fraction of sp³-hybridized carbons (Fsp3) is 0.389. The van der Waals surface area contributed by atoms with Gasteiger partial charge in [0.25, 0.3) is 0 Å². The van der Waals surface area contributed by atoms with Crippen molar-refractivity contribution < 1.29 is 9.53 Å². The number of nitrogens with one attached hydrogen (secondary N) is 1. The molecule has 5 nitrogen and oxygen atoms in total. The number of H-pyrrole nitrogens is 1. The number of hydrogen-bond donors (Lipinski definition) is 1. The maximum atomic E-state index is 12.8. The average Bonchev–Trinajstić information content (AvgIpc) is 3.32.